The molecule has 3 rings (SSSR count). The third kappa shape index (κ3) is 2.90. The number of nitrogens with zero attached hydrogens (tertiary/aromatic N) is 4. The molecule has 1 saturated carbocycles. The molecule has 1 aliphatic carbocycles. The minimum absolute atomic E-state index is 0.0297. The molecule has 0 atom stereocenters. The molecule has 2 N–H and O–H groups in total. The van der Waals surface area contributed by atoms with E-state index in [0.29, 0.717) is 5.13 Å². The predicted octanol–water partition coefficient (Wildman–Crippen LogP) is 2.10. The third-order valence-corrected chi connectivity index (χ3v) is 4.45. The first-order valence-electron chi connectivity index (χ1n) is 7.00. The minimum atomic E-state index is -0.501. The fourth-order valence-corrected chi connectivity index (χ4v) is 3.16. The Hall–Kier alpha value is -1.96. The van der Waals surface area contributed by atoms with Crippen LogP contribution in [0.25, 0.3) is 5.13 Å². The quantitative estimate of drug-likeness (QED) is 0.872. The first kappa shape index (κ1) is 14.0. The van der Waals surface area contributed by atoms with E-state index < -0.39 is 5.97 Å². The van der Waals surface area contributed by atoms with Gasteiger partial charge in [0.25, 0.3) is 0 Å². The average molecular weight is 307 g/mol. The Morgan fingerprint density at radius 3 is 2.86 bits per heavy atom. The van der Waals surface area contributed by atoms with Crippen molar-refractivity contribution in [1.29, 1.82) is 0 Å². The summed E-state index contributed by atoms with van der Waals surface area (Å²) in [6.45, 7) is 1.88. The highest BCUT2D eigenvalue weighted by Gasteiger charge is 2.24. The van der Waals surface area contributed by atoms with E-state index in [4.69, 9.17) is 10.5 Å². The first-order valence-corrected chi connectivity index (χ1v) is 7.88. The highest BCUT2D eigenvalue weighted by molar-refractivity contribution is 7.12. The normalized spacial score (nSPS) is 16.0. The molecular weight excluding hydrogens is 290 g/mol. The Labute approximate surface area is 126 Å². The lowest BCUT2D eigenvalue weighted by Crippen LogP contribution is -2.21. The molecule has 0 aromatic carbocycles. The van der Waals surface area contributed by atoms with Gasteiger partial charge in [0, 0.05) is 5.38 Å². The maximum absolute atomic E-state index is 12.1. The molecule has 0 spiro atoms. The lowest BCUT2D eigenvalue weighted by atomic mass is 9.98. The van der Waals surface area contributed by atoms with Gasteiger partial charge in [0.05, 0.1) is 5.69 Å². The summed E-state index contributed by atoms with van der Waals surface area (Å²) >= 11 is 1.39. The number of aryl methyl sites for hydroxylation is 1. The van der Waals surface area contributed by atoms with Gasteiger partial charge in [-0.25, -0.2) is 9.78 Å². The van der Waals surface area contributed by atoms with E-state index >= 15 is 0 Å². The van der Waals surface area contributed by atoms with Crippen molar-refractivity contribution in [3.05, 3.63) is 16.8 Å². The molecule has 0 bridgehead atoms. The van der Waals surface area contributed by atoms with Crippen molar-refractivity contribution in [2.45, 2.75) is 45.1 Å². The summed E-state index contributed by atoms with van der Waals surface area (Å²) in [5, 5.41) is 10.2. The van der Waals surface area contributed by atoms with E-state index in [2.05, 4.69) is 15.3 Å². The van der Waals surface area contributed by atoms with E-state index in [9.17, 15) is 4.79 Å². The van der Waals surface area contributed by atoms with Gasteiger partial charge in [-0.1, -0.05) is 11.6 Å². The molecular formula is C13H17N5O2S. The van der Waals surface area contributed by atoms with Crippen LogP contribution in [0.1, 0.15) is 48.3 Å². The van der Waals surface area contributed by atoms with Gasteiger partial charge in [-0.15, -0.1) is 16.4 Å². The molecule has 7 nitrogen and oxygen atoms in total. The number of aromatic nitrogens is 4. The largest absolute Gasteiger partial charge is 0.458 e. The van der Waals surface area contributed by atoms with Crippen molar-refractivity contribution in [3.63, 3.8) is 0 Å². The van der Waals surface area contributed by atoms with Crippen molar-refractivity contribution < 1.29 is 9.53 Å². The van der Waals surface area contributed by atoms with Crippen LogP contribution < -0.4 is 5.73 Å². The van der Waals surface area contributed by atoms with E-state index in [1.807, 2.05) is 12.3 Å². The van der Waals surface area contributed by atoms with Crippen LogP contribution in [0.2, 0.25) is 0 Å². The summed E-state index contributed by atoms with van der Waals surface area (Å²) in [5.41, 5.74) is 6.89. The van der Waals surface area contributed by atoms with Crippen molar-refractivity contribution in [2.24, 2.45) is 0 Å². The van der Waals surface area contributed by atoms with Gasteiger partial charge in [-0.3, -0.25) is 0 Å². The second-order valence-corrected chi connectivity index (χ2v) is 6.01. The summed E-state index contributed by atoms with van der Waals surface area (Å²) < 4.78 is 6.83. The molecule has 112 valence electrons. The summed E-state index contributed by atoms with van der Waals surface area (Å²) in [7, 11) is 0. The Morgan fingerprint density at radius 1 is 1.43 bits per heavy atom. The Bertz CT molecular complexity index is 645. The lowest BCUT2D eigenvalue weighted by molar-refractivity contribution is 0.0205. The van der Waals surface area contributed by atoms with Crippen LogP contribution in [-0.4, -0.2) is 32.1 Å². The van der Waals surface area contributed by atoms with Crippen LogP contribution in [0.3, 0.4) is 0 Å². The molecule has 0 aliphatic heterocycles. The first-order chi connectivity index (χ1) is 10.1. The summed E-state index contributed by atoms with van der Waals surface area (Å²) in [6.07, 6.45) is 5.18. The molecule has 0 unspecified atom stereocenters. The zero-order chi connectivity index (χ0) is 14.8. The number of hydrogen-bond acceptors (Lipinski definition) is 7. The molecule has 2 heterocycles. The maximum Gasteiger partial charge on any atom is 0.363 e. The second kappa shape index (κ2) is 5.80. The van der Waals surface area contributed by atoms with Gasteiger partial charge in [-0.2, -0.15) is 4.68 Å². The number of esters is 1. The fraction of sp³-hybridized carbons (Fsp3) is 0.538. The van der Waals surface area contributed by atoms with Gasteiger partial charge >= 0.3 is 5.97 Å². The van der Waals surface area contributed by atoms with Crippen molar-refractivity contribution in [2.75, 3.05) is 5.73 Å². The number of carbonyl (C=O) groups excluding carboxylic acids is 1. The number of nitrogen functional groups attached to an aromatic ring is 1. The van der Waals surface area contributed by atoms with Gasteiger partial charge in [-0.05, 0) is 32.6 Å². The third-order valence-electron chi connectivity index (χ3n) is 3.51. The van der Waals surface area contributed by atoms with E-state index in [0.717, 1.165) is 31.4 Å². The fourth-order valence-electron chi connectivity index (χ4n) is 2.40. The average Bonchev–Trinajstić information content (AvgIpc) is 3.06. The number of hydrogen-bond donors (Lipinski definition) is 1. The van der Waals surface area contributed by atoms with Crippen molar-refractivity contribution >= 4 is 23.1 Å². The van der Waals surface area contributed by atoms with Gasteiger partial charge < -0.3 is 10.5 Å². The standard InChI is InChI=1S/C13H17N5O2S/c1-8-7-21-13(15-8)18-11(14)10(16-17-18)12(19)20-9-5-3-2-4-6-9/h7,9H,2-6,14H2,1H3. The Kier molecular flexibility index (Phi) is 3.87. The summed E-state index contributed by atoms with van der Waals surface area (Å²) in [4.78, 5) is 16.4. The molecule has 1 fully saturated rings. The number of rotatable bonds is 3. The van der Waals surface area contributed by atoms with Crippen LogP contribution in [0.15, 0.2) is 5.38 Å². The minimum Gasteiger partial charge on any atom is -0.458 e. The SMILES string of the molecule is Cc1csc(-n2nnc(C(=O)OC3CCCCC3)c2N)n1. The van der Waals surface area contributed by atoms with Crippen LogP contribution in [0, 0.1) is 6.92 Å². The highest BCUT2D eigenvalue weighted by atomic mass is 32.1. The van der Waals surface area contributed by atoms with Crippen molar-refractivity contribution in [1.82, 2.24) is 20.0 Å². The summed E-state index contributed by atoms with van der Waals surface area (Å²) in [6, 6.07) is 0. The van der Waals surface area contributed by atoms with Crippen LogP contribution in [0.4, 0.5) is 5.82 Å². The van der Waals surface area contributed by atoms with E-state index in [-0.39, 0.29) is 17.6 Å². The van der Waals surface area contributed by atoms with Gasteiger partial charge in [0.15, 0.2) is 5.82 Å². The van der Waals surface area contributed by atoms with Gasteiger partial charge in [0.1, 0.15) is 6.10 Å². The zero-order valence-electron chi connectivity index (χ0n) is 11.8. The number of ether oxygens (including phenoxy) is 1. The summed E-state index contributed by atoms with van der Waals surface area (Å²) in [5.74, 6) is -0.330. The number of carbonyl (C=O) groups is 1. The van der Waals surface area contributed by atoms with Crippen LogP contribution in [-0.2, 0) is 4.74 Å². The van der Waals surface area contributed by atoms with Crippen LogP contribution in [0.5, 0.6) is 0 Å². The second-order valence-electron chi connectivity index (χ2n) is 5.17. The maximum atomic E-state index is 12.1. The lowest BCUT2D eigenvalue weighted by Gasteiger charge is -2.21. The number of thiazole rings is 1. The Balaban J connectivity index is 1.76. The Morgan fingerprint density at radius 2 is 2.19 bits per heavy atom. The smallest absolute Gasteiger partial charge is 0.363 e. The predicted molar refractivity (Wildman–Crippen MR) is 78.5 cm³/mol. The van der Waals surface area contributed by atoms with Crippen molar-refractivity contribution in [3.8, 4) is 5.13 Å². The molecule has 2 aromatic rings. The molecule has 0 saturated heterocycles. The molecule has 0 radical (unpaired) electrons. The number of nitrogens with two attached hydrogens (primary N) is 1. The molecule has 2 aromatic heterocycles. The zero-order valence-corrected chi connectivity index (χ0v) is 12.6. The number of anilines is 1. The highest BCUT2D eigenvalue weighted by Crippen LogP contribution is 2.23. The molecule has 0 amide bonds. The van der Waals surface area contributed by atoms with Gasteiger partial charge in [0.2, 0.25) is 10.8 Å². The molecule has 1 aliphatic rings. The van der Waals surface area contributed by atoms with E-state index in [1.54, 1.807) is 0 Å². The topological polar surface area (TPSA) is 95.9 Å². The molecule has 21 heavy (non-hydrogen) atoms. The molecule has 8 heteroatoms. The van der Waals surface area contributed by atoms with E-state index in [1.165, 1.54) is 22.4 Å². The monoisotopic (exact) mass is 307 g/mol. The van der Waals surface area contributed by atoms with Crippen LogP contribution >= 0.6 is 11.3 Å².